The molecule has 0 saturated carbocycles. The quantitative estimate of drug-likeness (QED) is 0.326. The van der Waals surface area contributed by atoms with Crippen LogP contribution < -0.4 is 10.2 Å². The minimum Gasteiger partial charge on any atom is -0.486 e. The number of aromatic nitrogens is 1. The largest absolute Gasteiger partial charge is 0.486 e. The Morgan fingerprint density at radius 3 is 2.71 bits per heavy atom. The number of benzene rings is 1. The first kappa shape index (κ1) is 26.3. The highest BCUT2D eigenvalue weighted by Crippen LogP contribution is 2.29. The van der Waals surface area contributed by atoms with Crippen LogP contribution in [0.4, 0.5) is 10.5 Å². The van der Waals surface area contributed by atoms with Gasteiger partial charge in [-0.05, 0) is 63.9 Å². The normalized spacial score (nSPS) is 16.4. The molecule has 2 heterocycles. The molecule has 1 aliphatic rings. The molecule has 1 aliphatic heterocycles. The van der Waals surface area contributed by atoms with Crippen molar-refractivity contribution in [2.24, 2.45) is 11.0 Å². The molecule has 35 heavy (non-hydrogen) atoms. The Labute approximate surface area is 210 Å². The summed E-state index contributed by atoms with van der Waals surface area (Å²) in [7, 11) is 1.30. The van der Waals surface area contributed by atoms with E-state index in [1.54, 1.807) is 29.3 Å². The number of ether oxygens (including phenoxy) is 3. The number of nitrogens with zero attached hydrogens (tertiary/aromatic N) is 3. The summed E-state index contributed by atoms with van der Waals surface area (Å²) in [5, 5.41) is 4.71. The lowest BCUT2D eigenvalue weighted by Crippen LogP contribution is -2.46. The molecule has 9 nitrogen and oxygen atoms in total. The molecule has 3 rings (SSSR count). The molecule has 1 fully saturated rings. The summed E-state index contributed by atoms with van der Waals surface area (Å²) < 4.78 is 16.2. The lowest BCUT2D eigenvalue weighted by Gasteiger charge is -2.34. The number of amides is 1. The Hall–Kier alpha value is -3.33. The monoisotopic (exact) mass is 502 g/mol. The number of carbonyl (C=O) groups excluding carboxylic acids is 2. The van der Waals surface area contributed by atoms with Gasteiger partial charge in [0.2, 0.25) is 0 Å². The molecule has 188 valence electrons. The van der Waals surface area contributed by atoms with Gasteiger partial charge in [-0.2, -0.15) is 5.10 Å². The zero-order valence-corrected chi connectivity index (χ0v) is 21.2. The van der Waals surface area contributed by atoms with Gasteiger partial charge in [0.25, 0.3) is 0 Å². The van der Waals surface area contributed by atoms with Gasteiger partial charge in [-0.3, -0.25) is 10.4 Å². The van der Waals surface area contributed by atoms with E-state index in [2.05, 4.69) is 15.5 Å². The average molecular weight is 503 g/mol. The molecular weight excluding hydrogens is 472 g/mol. The summed E-state index contributed by atoms with van der Waals surface area (Å²) in [6.45, 7) is 6.61. The summed E-state index contributed by atoms with van der Waals surface area (Å²) in [6, 6.07) is 10.7. The lowest BCUT2D eigenvalue weighted by molar-refractivity contribution is -0.133. The number of likely N-dealkylation sites (tertiary alicyclic amines) is 1. The van der Waals surface area contributed by atoms with E-state index in [-0.39, 0.29) is 18.2 Å². The second-order valence-corrected chi connectivity index (χ2v) is 9.53. The molecule has 0 radical (unpaired) electrons. The van der Waals surface area contributed by atoms with E-state index in [0.717, 1.165) is 5.69 Å². The Bertz CT molecular complexity index is 1060. The van der Waals surface area contributed by atoms with Crippen molar-refractivity contribution in [3.05, 3.63) is 53.3 Å². The van der Waals surface area contributed by atoms with Gasteiger partial charge in [-0.15, -0.1) is 0 Å². The molecule has 1 aromatic heterocycles. The summed E-state index contributed by atoms with van der Waals surface area (Å²) in [4.78, 5) is 30.8. The molecule has 10 heteroatoms. The summed E-state index contributed by atoms with van der Waals surface area (Å²) >= 11 is 6.37. The number of anilines is 1. The van der Waals surface area contributed by atoms with E-state index in [0.29, 0.717) is 42.4 Å². The number of hydrogen-bond acceptors (Lipinski definition) is 8. The summed E-state index contributed by atoms with van der Waals surface area (Å²) in [6.07, 6.45) is 2.69. The standard InChI is InChI=1S/C25H31ClN4O5/c1-25(2,3)35-24(32)30-13-7-8-17(15-30)22(23(31)33-4)29-28-18-10-11-21(20(26)14-18)34-16-19-9-5-6-12-27-19/h5-6,9-12,14,17,28H,7-8,13,15-16H2,1-4H3. The first-order chi connectivity index (χ1) is 16.7. The molecular formula is C25H31ClN4O5. The van der Waals surface area contributed by atoms with Gasteiger partial charge >= 0.3 is 12.1 Å². The van der Waals surface area contributed by atoms with Crippen molar-refractivity contribution in [1.29, 1.82) is 0 Å². The molecule has 0 bridgehead atoms. The van der Waals surface area contributed by atoms with E-state index >= 15 is 0 Å². The van der Waals surface area contributed by atoms with Crippen LogP contribution in [0.5, 0.6) is 5.75 Å². The fraction of sp³-hybridized carbons (Fsp3) is 0.440. The van der Waals surface area contributed by atoms with E-state index in [1.807, 2.05) is 39.0 Å². The Balaban J connectivity index is 1.68. The van der Waals surface area contributed by atoms with E-state index in [4.69, 9.17) is 25.8 Å². The molecule has 1 aromatic carbocycles. The third-order valence-corrected chi connectivity index (χ3v) is 5.49. The molecule has 1 N–H and O–H groups in total. The second-order valence-electron chi connectivity index (χ2n) is 9.12. The van der Waals surface area contributed by atoms with Crippen molar-refractivity contribution in [1.82, 2.24) is 9.88 Å². The SMILES string of the molecule is COC(=O)C(=NNc1ccc(OCc2ccccn2)c(Cl)c1)C1CCCN(C(=O)OC(C)(C)C)C1. The number of hydrogen-bond donors (Lipinski definition) is 1. The highest BCUT2D eigenvalue weighted by molar-refractivity contribution is 6.37. The minimum atomic E-state index is -0.600. The number of pyridine rings is 1. The van der Waals surface area contributed by atoms with E-state index in [1.165, 1.54) is 7.11 Å². The van der Waals surface area contributed by atoms with Crippen LogP contribution in [0, 0.1) is 5.92 Å². The Morgan fingerprint density at radius 1 is 1.26 bits per heavy atom. The number of carbonyl (C=O) groups is 2. The van der Waals surface area contributed by atoms with Gasteiger partial charge < -0.3 is 19.1 Å². The maximum atomic E-state index is 12.5. The molecule has 2 aromatic rings. The molecule has 0 aliphatic carbocycles. The maximum absolute atomic E-state index is 12.5. The number of hydrazone groups is 1. The smallest absolute Gasteiger partial charge is 0.410 e. The third kappa shape index (κ3) is 7.85. The van der Waals surface area contributed by atoms with Crippen LogP contribution in [0.2, 0.25) is 5.02 Å². The van der Waals surface area contributed by atoms with Crippen LogP contribution in [0.15, 0.2) is 47.7 Å². The second kappa shape index (κ2) is 11.9. The van der Waals surface area contributed by atoms with Crippen LogP contribution in [0.3, 0.4) is 0 Å². The van der Waals surface area contributed by atoms with Crippen molar-refractivity contribution in [3.8, 4) is 5.75 Å². The van der Waals surface area contributed by atoms with E-state index in [9.17, 15) is 9.59 Å². The van der Waals surface area contributed by atoms with E-state index < -0.39 is 17.7 Å². The average Bonchev–Trinajstić information content (AvgIpc) is 2.83. The van der Waals surface area contributed by atoms with Crippen LogP contribution in [-0.2, 0) is 20.9 Å². The fourth-order valence-electron chi connectivity index (χ4n) is 3.55. The lowest BCUT2D eigenvalue weighted by atomic mass is 9.93. The number of methoxy groups -OCH3 is 1. The van der Waals surface area contributed by atoms with Gasteiger partial charge in [0.1, 0.15) is 18.0 Å². The minimum absolute atomic E-state index is 0.201. The molecule has 0 spiro atoms. The van der Waals surface area contributed by atoms with Crippen molar-refractivity contribution < 1.29 is 23.8 Å². The first-order valence-electron chi connectivity index (χ1n) is 11.4. The predicted molar refractivity (Wildman–Crippen MR) is 134 cm³/mol. The van der Waals surface area contributed by atoms with Crippen molar-refractivity contribution in [2.45, 2.75) is 45.8 Å². The number of esters is 1. The van der Waals surface area contributed by atoms with Gasteiger partial charge in [-0.25, -0.2) is 9.59 Å². The van der Waals surface area contributed by atoms with Gasteiger partial charge in [0.05, 0.1) is 23.5 Å². The maximum Gasteiger partial charge on any atom is 0.410 e. The van der Waals surface area contributed by atoms with Crippen LogP contribution in [0.25, 0.3) is 0 Å². The third-order valence-electron chi connectivity index (χ3n) is 5.19. The van der Waals surface area contributed by atoms with Crippen LogP contribution in [0.1, 0.15) is 39.3 Å². The Morgan fingerprint density at radius 2 is 2.06 bits per heavy atom. The summed E-state index contributed by atoms with van der Waals surface area (Å²) in [5.41, 5.74) is 3.84. The van der Waals surface area contributed by atoms with Crippen LogP contribution in [-0.4, -0.2) is 53.5 Å². The van der Waals surface area contributed by atoms with Crippen LogP contribution >= 0.6 is 11.6 Å². The highest BCUT2D eigenvalue weighted by Gasteiger charge is 2.33. The number of piperidine rings is 1. The highest BCUT2D eigenvalue weighted by atomic mass is 35.5. The molecule has 1 amide bonds. The molecule has 1 atom stereocenters. The van der Waals surface area contributed by atoms with Crippen molar-refractivity contribution in [3.63, 3.8) is 0 Å². The predicted octanol–water partition coefficient (Wildman–Crippen LogP) is 4.90. The summed E-state index contributed by atoms with van der Waals surface area (Å²) in [5.74, 6) is -0.358. The zero-order valence-electron chi connectivity index (χ0n) is 20.4. The van der Waals surface area contributed by atoms with Gasteiger partial charge in [0.15, 0.2) is 5.71 Å². The van der Waals surface area contributed by atoms with Crippen molar-refractivity contribution >= 4 is 35.1 Å². The molecule has 1 saturated heterocycles. The number of halogens is 1. The van der Waals surface area contributed by atoms with Gasteiger partial charge in [-0.1, -0.05) is 17.7 Å². The Kier molecular flexibility index (Phi) is 8.92. The van der Waals surface area contributed by atoms with Gasteiger partial charge in [0, 0.05) is 25.2 Å². The topological polar surface area (TPSA) is 102 Å². The first-order valence-corrected chi connectivity index (χ1v) is 11.8. The van der Waals surface area contributed by atoms with Crippen molar-refractivity contribution in [2.75, 3.05) is 25.6 Å². The number of nitrogens with one attached hydrogen (secondary N) is 1. The fourth-order valence-corrected chi connectivity index (χ4v) is 3.78. The zero-order chi connectivity index (χ0) is 25.4. The number of rotatable bonds is 7. The molecule has 1 unspecified atom stereocenters.